The van der Waals surface area contributed by atoms with Gasteiger partial charge in [0.1, 0.15) is 12.2 Å². The van der Waals surface area contributed by atoms with E-state index in [0.717, 1.165) is 57.8 Å². The Labute approximate surface area is 279 Å². The molecular formula is C39H77NO5. The molecule has 0 fully saturated rings. The molecule has 0 radical (unpaired) electrons. The van der Waals surface area contributed by atoms with Gasteiger partial charge in [0.15, 0.2) is 0 Å². The van der Waals surface area contributed by atoms with Crippen LogP contribution in [0.3, 0.4) is 0 Å². The van der Waals surface area contributed by atoms with E-state index in [1.807, 2.05) is 0 Å². The van der Waals surface area contributed by atoms with Crippen LogP contribution in [-0.4, -0.2) is 57.3 Å². The molecule has 0 saturated heterocycles. The normalized spacial score (nSPS) is 14.5. The highest BCUT2D eigenvalue weighted by Gasteiger charge is 2.28. The van der Waals surface area contributed by atoms with Gasteiger partial charge in [-0.05, 0) is 38.5 Å². The van der Waals surface area contributed by atoms with Crippen molar-refractivity contribution in [2.24, 2.45) is 0 Å². The van der Waals surface area contributed by atoms with Gasteiger partial charge in [0, 0.05) is 0 Å². The van der Waals surface area contributed by atoms with E-state index in [2.05, 4.69) is 31.3 Å². The molecule has 0 aromatic rings. The highest BCUT2D eigenvalue weighted by molar-refractivity contribution is 5.80. The minimum absolute atomic E-state index is 0.356. The van der Waals surface area contributed by atoms with Crippen LogP contribution in [0.2, 0.25) is 0 Å². The van der Waals surface area contributed by atoms with E-state index in [1.165, 1.54) is 116 Å². The van der Waals surface area contributed by atoms with Gasteiger partial charge in [-0.2, -0.15) is 0 Å². The molecule has 0 aromatic heterocycles. The minimum atomic E-state index is -1.26. The van der Waals surface area contributed by atoms with E-state index < -0.39 is 36.9 Å². The Morgan fingerprint density at radius 1 is 0.533 bits per heavy atom. The zero-order valence-corrected chi connectivity index (χ0v) is 29.9. The largest absolute Gasteiger partial charge is 0.394 e. The first kappa shape index (κ1) is 44.0. The van der Waals surface area contributed by atoms with Crippen molar-refractivity contribution in [2.75, 3.05) is 6.61 Å². The summed E-state index contributed by atoms with van der Waals surface area (Å²) >= 11 is 0. The Morgan fingerprint density at radius 3 is 1.33 bits per heavy atom. The summed E-state index contributed by atoms with van der Waals surface area (Å²) in [6, 6.07) is -0.984. The fourth-order valence-corrected chi connectivity index (χ4v) is 6.04. The average Bonchev–Trinajstić information content (AvgIpc) is 3.04. The van der Waals surface area contributed by atoms with Gasteiger partial charge in [0.05, 0.1) is 18.8 Å². The van der Waals surface area contributed by atoms with Gasteiger partial charge >= 0.3 is 0 Å². The lowest BCUT2D eigenvalue weighted by molar-refractivity contribution is -0.132. The van der Waals surface area contributed by atoms with Gasteiger partial charge in [0.25, 0.3) is 0 Å². The predicted octanol–water partition coefficient (Wildman–Crippen LogP) is 9.46. The van der Waals surface area contributed by atoms with E-state index in [-0.39, 0.29) is 0 Å². The summed E-state index contributed by atoms with van der Waals surface area (Å²) in [6.07, 6.45) is 35.2. The molecule has 0 aliphatic carbocycles. The lowest BCUT2D eigenvalue weighted by Gasteiger charge is -2.27. The molecule has 5 N–H and O–H groups in total. The lowest BCUT2D eigenvalue weighted by Crippen LogP contribution is -2.53. The second-order valence-electron chi connectivity index (χ2n) is 13.6. The SMILES string of the molecule is CCCCC/C=C\CCCCCCC(O)C(=O)NC(CO)C(O)C(O)CCCCCCCCCCCCCCCCCCCC. The number of hydrogen-bond acceptors (Lipinski definition) is 5. The number of allylic oxidation sites excluding steroid dienone is 2. The molecule has 0 saturated carbocycles. The highest BCUT2D eigenvalue weighted by Crippen LogP contribution is 2.16. The van der Waals surface area contributed by atoms with Crippen LogP contribution in [-0.2, 0) is 4.79 Å². The number of unbranched alkanes of at least 4 members (excludes halogenated alkanes) is 24. The number of carbonyl (C=O) groups excluding carboxylic acids is 1. The second-order valence-corrected chi connectivity index (χ2v) is 13.6. The van der Waals surface area contributed by atoms with Crippen LogP contribution < -0.4 is 5.32 Å². The number of carbonyl (C=O) groups is 1. The summed E-state index contributed by atoms with van der Waals surface area (Å²) in [7, 11) is 0. The number of rotatable bonds is 35. The maximum absolute atomic E-state index is 12.4. The van der Waals surface area contributed by atoms with Crippen LogP contribution >= 0.6 is 0 Å². The molecule has 1 amide bonds. The Kier molecular flexibility index (Phi) is 33.7. The number of aliphatic hydroxyl groups excluding tert-OH is 4. The smallest absolute Gasteiger partial charge is 0.249 e. The molecule has 0 aliphatic heterocycles. The van der Waals surface area contributed by atoms with E-state index in [9.17, 15) is 25.2 Å². The van der Waals surface area contributed by atoms with Gasteiger partial charge in [0.2, 0.25) is 5.91 Å². The van der Waals surface area contributed by atoms with Crippen molar-refractivity contribution >= 4 is 5.91 Å². The van der Waals surface area contributed by atoms with Gasteiger partial charge in [-0.25, -0.2) is 0 Å². The molecule has 0 aliphatic rings. The number of hydrogen-bond donors (Lipinski definition) is 5. The highest BCUT2D eigenvalue weighted by atomic mass is 16.3. The molecule has 45 heavy (non-hydrogen) atoms. The monoisotopic (exact) mass is 640 g/mol. The van der Waals surface area contributed by atoms with Gasteiger partial charge in [-0.15, -0.1) is 0 Å². The van der Waals surface area contributed by atoms with Crippen LogP contribution in [0.15, 0.2) is 12.2 Å². The third-order valence-corrected chi connectivity index (χ3v) is 9.23. The van der Waals surface area contributed by atoms with Crippen molar-refractivity contribution in [1.82, 2.24) is 5.32 Å². The third kappa shape index (κ3) is 29.0. The predicted molar refractivity (Wildman–Crippen MR) is 191 cm³/mol. The summed E-state index contributed by atoms with van der Waals surface area (Å²) in [5.41, 5.74) is 0. The van der Waals surface area contributed by atoms with Crippen LogP contribution in [0.1, 0.15) is 200 Å². The van der Waals surface area contributed by atoms with Crippen LogP contribution in [0.25, 0.3) is 0 Å². The quantitative estimate of drug-likeness (QED) is 0.0350. The van der Waals surface area contributed by atoms with E-state index in [4.69, 9.17) is 0 Å². The summed E-state index contributed by atoms with van der Waals surface area (Å²) < 4.78 is 0. The molecule has 4 atom stereocenters. The van der Waals surface area contributed by atoms with Crippen molar-refractivity contribution in [3.8, 4) is 0 Å². The fraction of sp³-hybridized carbons (Fsp3) is 0.923. The molecule has 6 nitrogen and oxygen atoms in total. The molecule has 0 spiro atoms. The standard InChI is InChI=1S/C39H77NO5/c1-3-5-7-9-11-13-15-16-17-18-19-20-21-23-24-26-28-30-32-36(42)38(44)35(34-41)40-39(45)37(43)33-31-29-27-25-22-14-12-10-8-6-4-2/h12,14,35-38,41-44H,3-11,13,15-34H2,1-2H3,(H,40,45)/b14-12-. The maximum atomic E-state index is 12.4. The first-order valence-electron chi connectivity index (χ1n) is 19.6. The summed E-state index contributed by atoms with van der Waals surface area (Å²) in [6.45, 7) is 4.00. The first-order valence-corrected chi connectivity index (χ1v) is 19.6. The van der Waals surface area contributed by atoms with Crippen molar-refractivity contribution in [3.05, 3.63) is 12.2 Å². The molecule has 0 heterocycles. The molecule has 4 unspecified atom stereocenters. The summed E-state index contributed by atoms with van der Waals surface area (Å²) in [4.78, 5) is 12.4. The number of aliphatic hydroxyl groups is 4. The Morgan fingerprint density at radius 2 is 0.889 bits per heavy atom. The summed E-state index contributed by atoms with van der Waals surface area (Å²) in [5, 5.41) is 43.5. The number of amides is 1. The molecular weight excluding hydrogens is 562 g/mol. The Bertz CT molecular complexity index is 643. The zero-order chi connectivity index (χ0) is 33.2. The number of nitrogens with one attached hydrogen (secondary N) is 1. The van der Waals surface area contributed by atoms with Crippen LogP contribution in [0, 0.1) is 0 Å². The Balaban J connectivity index is 3.76. The van der Waals surface area contributed by atoms with Crippen molar-refractivity contribution in [3.63, 3.8) is 0 Å². The Hall–Kier alpha value is -0.950. The van der Waals surface area contributed by atoms with Crippen molar-refractivity contribution in [1.29, 1.82) is 0 Å². The minimum Gasteiger partial charge on any atom is -0.394 e. The topological polar surface area (TPSA) is 110 Å². The van der Waals surface area contributed by atoms with Crippen molar-refractivity contribution in [2.45, 2.75) is 224 Å². The van der Waals surface area contributed by atoms with Crippen LogP contribution in [0.4, 0.5) is 0 Å². The van der Waals surface area contributed by atoms with E-state index in [1.54, 1.807) is 0 Å². The molecule has 0 aromatic carbocycles. The fourth-order valence-electron chi connectivity index (χ4n) is 6.04. The third-order valence-electron chi connectivity index (χ3n) is 9.23. The van der Waals surface area contributed by atoms with E-state index >= 15 is 0 Å². The van der Waals surface area contributed by atoms with Gasteiger partial charge < -0.3 is 25.7 Å². The maximum Gasteiger partial charge on any atom is 0.249 e. The summed E-state index contributed by atoms with van der Waals surface area (Å²) in [5.74, 6) is -0.594. The van der Waals surface area contributed by atoms with Gasteiger partial charge in [-0.1, -0.05) is 174 Å². The first-order chi connectivity index (χ1) is 22.0. The van der Waals surface area contributed by atoms with Crippen LogP contribution in [0.5, 0.6) is 0 Å². The van der Waals surface area contributed by atoms with Crippen molar-refractivity contribution < 1.29 is 25.2 Å². The molecule has 0 rings (SSSR count). The van der Waals surface area contributed by atoms with E-state index in [0.29, 0.717) is 12.8 Å². The lowest BCUT2D eigenvalue weighted by atomic mass is 9.99. The second kappa shape index (κ2) is 34.4. The zero-order valence-electron chi connectivity index (χ0n) is 29.9. The van der Waals surface area contributed by atoms with Gasteiger partial charge in [-0.3, -0.25) is 4.79 Å². The molecule has 268 valence electrons. The molecule has 6 heteroatoms. The average molecular weight is 640 g/mol. The molecule has 0 bridgehead atoms.